The number of aromatic nitrogens is 1. The number of amides is 2. The molecule has 0 radical (unpaired) electrons. The van der Waals surface area contributed by atoms with E-state index in [0.29, 0.717) is 6.42 Å². The Morgan fingerprint density at radius 2 is 1.83 bits per heavy atom. The zero-order valence-corrected chi connectivity index (χ0v) is 20.8. The monoisotopic (exact) mass is 514 g/mol. The van der Waals surface area contributed by atoms with Crippen molar-refractivity contribution < 1.29 is 24.6 Å². The number of hydrogen-bond acceptors (Lipinski definition) is 7. The lowest BCUT2D eigenvalue weighted by molar-refractivity contribution is -0.156. The number of rotatable bonds is 5. The first kappa shape index (κ1) is 22.8. The van der Waals surface area contributed by atoms with E-state index in [0.717, 1.165) is 31.7 Å². The van der Waals surface area contributed by atoms with Crippen LogP contribution in [-0.4, -0.2) is 49.2 Å². The van der Waals surface area contributed by atoms with E-state index in [1.54, 1.807) is 23.9 Å². The number of hydrogen-bond donors (Lipinski definition) is 3. The minimum atomic E-state index is -1.15. The van der Waals surface area contributed by atoms with Gasteiger partial charge in [-0.05, 0) is 42.6 Å². The van der Waals surface area contributed by atoms with Crippen molar-refractivity contribution in [2.24, 2.45) is 35.5 Å². The van der Waals surface area contributed by atoms with E-state index in [9.17, 15) is 29.4 Å². The van der Waals surface area contributed by atoms with Gasteiger partial charge in [0.15, 0.2) is 0 Å². The van der Waals surface area contributed by atoms with Gasteiger partial charge in [-0.2, -0.15) is 0 Å². The summed E-state index contributed by atoms with van der Waals surface area (Å²) >= 11 is 2.71. The van der Waals surface area contributed by atoms with Gasteiger partial charge in [-0.3, -0.25) is 19.3 Å². The lowest BCUT2D eigenvalue weighted by Crippen LogP contribution is -2.47. The van der Waals surface area contributed by atoms with Crippen LogP contribution in [0.25, 0.3) is 0 Å². The molecule has 2 amide bonds. The first-order valence-corrected chi connectivity index (χ1v) is 13.7. The molecule has 2 bridgehead atoms. The van der Waals surface area contributed by atoms with E-state index in [4.69, 9.17) is 0 Å². The van der Waals surface area contributed by atoms with E-state index < -0.39 is 23.8 Å². The molecule has 2 saturated carbocycles. The third-order valence-electron chi connectivity index (χ3n) is 8.32. The van der Waals surface area contributed by atoms with Crippen molar-refractivity contribution in [1.29, 1.82) is 0 Å². The number of thioether (sulfide) groups is 1. The van der Waals surface area contributed by atoms with Crippen LogP contribution in [0, 0.1) is 35.5 Å². The molecule has 4 aliphatic rings. The maximum absolute atomic E-state index is 13.7. The molecule has 8 atom stereocenters. The summed E-state index contributed by atoms with van der Waals surface area (Å²) in [7, 11) is 0. The summed E-state index contributed by atoms with van der Waals surface area (Å²) in [4.78, 5) is 56.3. The zero-order chi connectivity index (χ0) is 24.8. The standard InChI is InChI=1S/C25H26N2O6S2/c1-9(2)7-13(24(31)32)27-22(29)17-11-8-12(18(17)23(27)30)19-16(11)15(10-5-3-4-6-14(10)28)20-21(34-19)26-25(33)35-20/h3-6,9,11-13,15-19,28H,7-8H2,1-2H3,(H,26,33)(H,31,32)/t11-,12+,13+,15+,16+,17-,18+,19-/m1/s1. The molecule has 6 rings (SSSR count). The molecular weight excluding hydrogens is 488 g/mol. The highest BCUT2D eigenvalue weighted by Crippen LogP contribution is 2.69. The lowest BCUT2D eigenvalue weighted by atomic mass is 9.68. The van der Waals surface area contributed by atoms with Gasteiger partial charge in [0.25, 0.3) is 0 Å². The van der Waals surface area contributed by atoms with Crippen molar-refractivity contribution in [3.63, 3.8) is 0 Å². The van der Waals surface area contributed by atoms with Crippen molar-refractivity contribution in [2.45, 2.75) is 48.9 Å². The fraction of sp³-hybridized carbons (Fsp3) is 0.520. The summed E-state index contributed by atoms with van der Waals surface area (Å²) in [5.41, 5.74) is 0.722. The number of benzene rings is 1. The predicted octanol–water partition coefficient (Wildman–Crippen LogP) is 3.11. The van der Waals surface area contributed by atoms with Crippen LogP contribution in [0.5, 0.6) is 5.75 Å². The Morgan fingerprint density at radius 3 is 2.49 bits per heavy atom. The largest absolute Gasteiger partial charge is 0.508 e. The number of thiazole rings is 1. The topological polar surface area (TPSA) is 128 Å². The lowest BCUT2D eigenvalue weighted by Gasteiger charge is -2.43. The van der Waals surface area contributed by atoms with Gasteiger partial charge in [-0.1, -0.05) is 43.4 Å². The Balaban J connectivity index is 1.43. The number of carboxylic acid groups (broad SMARTS) is 1. The molecule has 1 aromatic heterocycles. The second-order valence-electron chi connectivity index (χ2n) is 10.5. The normalized spacial score (nSPS) is 33.7. The smallest absolute Gasteiger partial charge is 0.326 e. The minimum Gasteiger partial charge on any atom is -0.508 e. The highest BCUT2D eigenvalue weighted by Gasteiger charge is 2.70. The van der Waals surface area contributed by atoms with E-state index in [1.807, 2.05) is 26.0 Å². The highest BCUT2D eigenvalue weighted by atomic mass is 32.2. The average Bonchev–Trinajstić information content (AvgIpc) is 3.52. The second kappa shape index (κ2) is 7.96. The number of phenolic OH excluding ortho intramolecular Hbond substituents is 1. The number of nitrogens with one attached hydrogen (secondary N) is 1. The Kier molecular flexibility index (Phi) is 5.20. The molecule has 0 spiro atoms. The van der Waals surface area contributed by atoms with Gasteiger partial charge in [0, 0.05) is 21.6 Å². The van der Waals surface area contributed by atoms with Crippen molar-refractivity contribution in [3.8, 4) is 5.75 Å². The number of aromatic amines is 1. The molecular formula is C25H26N2O6S2. The van der Waals surface area contributed by atoms with Crippen molar-refractivity contribution in [1.82, 2.24) is 9.88 Å². The van der Waals surface area contributed by atoms with Gasteiger partial charge in [0.2, 0.25) is 11.8 Å². The summed E-state index contributed by atoms with van der Waals surface area (Å²) in [5.74, 6) is -3.28. The van der Waals surface area contributed by atoms with Crippen molar-refractivity contribution >= 4 is 40.9 Å². The molecule has 35 heavy (non-hydrogen) atoms. The van der Waals surface area contributed by atoms with Gasteiger partial charge in [-0.15, -0.1) is 11.8 Å². The number of imide groups is 1. The minimum absolute atomic E-state index is 0.00585. The number of nitrogens with zero attached hydrogens (tertiary/aromatic N) is 1. The van der Waals surface area contributed by atoms with Crippen LogP contribution in [0.15, 0.2) is 34.1 Å². The van der Waals surface area contributed by atoms with Crippen molar-refractivity contribution in [3.05, 3.63) is 44.4 Å². The number of carbonyl (C=O) groups excluding carboxylic acids is 2. The molecule has 2 aromatic rings. The number of phenols is 1. The third-order valence-corrected chi connectivity index (χ3v) is 10.9. The molecule has 0 unspecified atom stereocenters. The second-order valence-corrected chi connectivity index (χ2v) is 12.8. The number of fused-ring (bicyclic) bond motifs is 9. The third kappa shape index (κ3) is 3.18. The predicted molar refractivity (Wildman–Crippen MR) is 129 cm³/mol. The summed E-state index contributed by atoms with van der Waals surface area (Å²) in [6, 6.07) is 5.95. The van der Waals surface area contributed by atoms with Gasteiger partial charge in [0.1, 0.15) is 11.8 Å². The maximum atomic E-state index is 13.7. The first-order valence-electron chi connectivity index (χ1n) is 12.0. The first-order chi connectivity index (χ1) is 16.7. The van der Waals surface area contributed by atoms with Crippen LogP contribution in [0.4, 0.5) is 0 Å². The fourth-order valence-electron chi connectivity index (χ4n) is 7.21. The van der Waals surface area contributed by atoms with E-state index in [1.165, 1.54) is 0 Å². The van der Waals surface area contributed by atoms with Crippen LogP contribution >= 0.6 is 23.1 Å². The Labute approximate surface area is 209 Å². The molecule has 3 fully saturated rings. The van der Waals surface area contributed by atoms with Gasteiger partial charge in [0.05, 0.1) is 16.9 Å². The number of carboxylic acids is 1. The fourth-order valence-corrected chi connectivity index (χ4v) is 10.1. The molecule has 2 aliphatic heterocycles. The summed E-state index contributed by atoms with van der Waals surface area (Å²) in [5, 5.41) is 21.4. The van der Waals surface area contributed by atoms with Crippen LogP contribution in [-0.2, 0) is 14.4 Å². The van der Waals surface area contributed by atoms with Gasteiger partial charge in [-0.25, -0.2) is 4.79 Å². The number of likely N-dealkylation sites (tertiary alicyclic amines) is 1. The number of carbonyl (C=O) groups is 3. The van der Waals surface area contributed by atoms with Crippen LogP contribution in [0.2, 0.25) is 0 Å². The molecule has 3 N–H and O–H groups in total. The number of aliphatic carboxylic acids is 1. The molecule has 1 aromatic carbocycles. The van der Waals surface area contributed by atoms with Gasteiger partial charge < -0.3 is 15.2 Å². The van der Waals surface area contributed by atoms with E-state index in [-0.39, 0.29) is 63.7 Å². The van der Waals surface area contributed by atoms with E-state index in [2.05, 4.69) is 4.98 Å². The quantitative estimate of drug-likeness (QED) is 0.523. The summed E-state index contributed by atoms with van der Waals surface area (Å²) in [6.07, 6.45) is 0.941. The van der Waals surface area contributed by atoms with Crippen LogP contribution in [0.3, 0.4) is 0 Å². The summed E-state index contributed by atoms with van der Waals surface area (Å²) < 4.78 is 0. The van der Waals surface area contributed by atoms with Crippen LogP contribution < -0.4 is 4.87 Å². The molecule has 1 saturated heterocycles. The van der Waals surface area contributed by atoms with E-state index >= 15 is 0 Å². The average molecular weight is 515 g/mol. The molecule has 3 heterocycles. The number of H-pyrrole nitrogens is 1. The zero-order valence-electron chi connectivity index (χ0n) is 19.2. The van der Waals surface area contributed by atoms with Crippen molar-refractivity contribution in [2.75, 3.05) is 0 Å². The maximum Gasteiger partial charge on any atom is 0.326 e. The Bertz CT molecular complexity index is 1300. The number of para-hydroxylation sites is 1. The summed E-state index contributed by atoms with van der Waals surface area (Å²) in [6.45, 7) is 3.76. The molecule has 184 valence electrons. The Morgan fingerprint density at radius 1 is 1.14 bits per heavy atom. The molecule has 10 heteroatoms. The Hall–Kier alpha value is -2.59. The van der Waals surface area contributed by atoms with Crippen LogP contribution in [0.1, 0.15) is 43.0 Å². The highest BCUT2D eigenvalue weighted by molar-refractivity contribution is 8.00. The number of aromatic hydroxyl groups is 1. The SMILES string of the molecule is CC(C)C[C@@H](C(=O)O)N1C(=O)[C@@H]2[C@@H]3C[C@H]([C@H]4Sc5[nH]c(=O)sc5[C@@H](c5ccccc5O)[C@H]34)[C@@H]2C1=O. The molecule has 2 aliphatic carbocycles. The molecule has 8 nitrogen and oxygen atoms in total. The van der Waals surface area contributed by atoms with Gasteiger partial charge >= 0.3 is 10.8 Å².